The van der Waals surface area contributed by atoms with Gasteiger partial charge in [-0.1, -0.05) is 41.9 Å². The molecule has 2 heterocycles. The highest BCUT2D eigenvalue weighted by Gasteiger charge is 2.34. The fraction of sp³-hybridized carbons (Fsp3) is 0.133. The molecule has 0 fully saturated rings. The number of pyridine rings is 1. The first kappa shape index (κ1) is 34.0. The lowest BCUT2D eigenvalue weighted by atomic mass is 10.0. The first-order chi connectivity index (χ1) is 21.9. The van der Waals surface area contributed by atoms with E-state index in [9.17, 15) is 34.8 Å². The Morgan fingerprint density at radius 1 is 0.915 bits per heavy atom. The number of fused-ring (bicyclic) bond motifs is 1. The van der Waals surface area contributed by atoms with Crippen molar-refractivity contribution in [2.24, 2.45) is 5.14 Å². The quantitative estimate of drug-likeness (QED) is 0.196. The van der Waals surface area contributed by atoms with Gasteiger partial charge in [0, 0.05) is 46.3 Å². The molecule has 0 atom stereocenters. The number of nitrogens with one attached hydrogen (secondary N) is 2. The number of primary sulfonamides is 1. The molecule has 47 heavy (non-hydrogen) atoms. The van der Waals surface area contributed by atoms with Gasteiger partial charge in [0.25, 0.3) is 11.5 Å². The molecule has 5 rings (SSSR count). The summed E-state index contributed by atoms with van der Waals surface area (Å²) in [5, 5.41) is 5.93. The van der Waals surface area contributed by atoms with Crippen LogP contribution in [0.3, 0.4) is 0 Å². The van der Waals surface area contributed by atoms with Crippen LogP contribution in [0, 0.1) is 0 Å². The number of carbonyl (C=O) groups excluding carboxylic acids is 1. The zero-order valence-electron chi connectivity index (χ0n) is 24.8. The maximum Gasteiger partial charge on any atom is 0.289 e. The SMILES string of the molecule is CS(=O)(=O)NCc1cccc(Cn2c(C(=O)N(c3cccc(S(N)(=O)=O)c3)S(C)(=O)=O)c(-c3ccc[nH]c3=O)c3cc(Cl)ccc32)c1. The molecule has 3 aromatic carbocycles. The van der Waals surface area contributed by atoms with Crippen molar-refractivity contribution >= 4 is 64.2 Å². The lowest BCUT2D eigenvalue weighted by Gasteiger charge is -2.23. The lowest BCUT2D eigenvalue weighted by molar-refractivity contribution is 0.0998. The molecule has 0 saturated heterocycles. The number of aromatic nitrogens is 2. The van der Waals surface area contributed by atoms with Gasteiger partial charge in [0.05, 0.1) is 23.1 Å². The van der Waals surface area contributed by atoms with Crippen molar-refractivity contribution in [2.75, 3.05) is 16.8 Å². The molecule has 0 unspecified atom stereocenters. The molecule has 0 spiro atoms. The standard InChI is InChI=1S/C30H28ClN5O8S3/c1-45(39,40)34-17-19-6-3-7-20(14-19)18-35-26-12-11-21(31)15-25(26)27(24-10-5-13-33-29(24)37)28(35)30(38)36(46(2,41)42)22-8-4-9-23(16-22)47(32,43)44/h3-16,34H,17-18H2,1-2H3,(H,33,37)(H2,32,43,44). The van der Waals surface area contributed by atoms with Crippen molar-refractivity contribution in [2.45, 2.75) is 18.0 Å². The average molecular weight is 718 g/mol. The number of sulfonamides is 3. The molecular formula is C30H28ClN5O8S3. The second kappa shape index (κ2) is 12.7. The number of rotatable bonds is 10. The van der Waals surface area contributed by atoms with Gasteiger partial charge in [0.15, 0.2) is 0 Å². The van der Waals surface area contributed by atoms with Crippen LogP contribution in [0.2, 0.25) is 5.02 Å². The monoisotopic (exact) mass is 717 g/mol. The van der Waals surface area contributed by atoms with Gasteiger partial charge in [-0.25, -0.2) is 39.4 Å². The van der Waals surface area contributed by atoms with Crippen LogP contribution in [0.1, 0.15) is 21.6 Å². The highest BCUT2D eigenvalue weighted by Crippen LogP contribution is 2.38. The summed E-state index contributed by atoms with van der Waals surface area (Å²) in [7, 11) is -12.2. The molecular weight excluding hydrogens is 690 g/mol. The molecule has 0 aliphatic carbocycles. The van der Waals surface area contributed by atoms with E-state index in [2.05, 4.69) is 9.71 Å². The predicted molar refractivity (Wildman–Crippen MR) is 180 cm³/mol. The minimum absolute atomic E-state index is 0.00656. The van der Waals surface area contributed by atoms with Crippen molar-refractivity contribution in [3.8, 4) is 11.1 Å². The number of amides is 1. The minimum atomic E-state index is -4.44. The molecule has 0 radical (unpaired) electrons. The molecule has 0 aliphatic rings. The number of hydrogen-bond acceptors (Lipinski definition) is 8. The van der Waals surface area contributed by atoms with Gasteiger partial charge < -0.3 is 9.55 Å². The van der Waals surface area contributed by atoms with E-state index in [1.165, 1.54) is 29.0 Å². The topological polar surface area (TPSA) is 199 Å². The summed E-state index contributed by atoms with van der Waals surface area (Å²) in [6.07, 6.45) is 3.22. The highest BCUT2D eigenvalue weighted by molar-refractivity contribution is 7.93. The average Bonchev–Trinajstić information content (AvgIpc) is 3.28. The van der Waals surface area contributed by atoms with E-state index in [4.69, 9.17) is 16.7 Å². The molecule has 17 heteroatoms. The Balaban J connectivity index is 1.82. The third kappa shape index (κ3) is 7.48. The Morgan fingerprint density at radius 3 is 2.28 bits per heavy atom. The second-order valence-corrected chi connectivity index (χ2v) is 16.3. The third-order valence-corrected chi connectivity index (χ3v) is 9.94. The Morgan fingerprint density at radius 2 is 1.62 bits per heavy atom. The zero-order chi connectivity index (χ0) is 34.3. The number of anilines is 1. The number of aromatic amines is 1. The second-order valence-electron chi connectivity index (χ2n) is 10.7. The summed E-state index contributed by atoms with van der Waals surface area (Å²) in [5.74, 6) is -1.10. The maximum atomic E-state index is 14.7. The van der Waals surface area contributed by atoms with E-state index in [1.807, 2.05) is 0 Å². The van der Waals surface area contributed by atoms with Gasteiger partial charge in [-0.05, 0) is 59.7 Å². The van der Waals surface area contributed by atoms with E-state index in [-0.39, 0.29) is 40.6 Å². The molecule has 0 aliphatic heterocycles. The van der Waals surface area contributed by atoms with Crippen molar-refractivity contribution in [1.29, 1.82) is 0 Å². The van der Waals surface area contributed by atoms with Crippen LogP contribution in [-0.2, 0) is 43.2 Å². The van der Waals surface area contributed by atoms with E-state index in [1.54, 1.807) is 48.5 Å². The fourth-order valence-corrected chi connectivity index (χ4v) is 7.22. The lowest BCUT2D eigenvalue weighted by Crippen LogP contribution is -2.38. The number of H-pyrrole nitrogens is 1. The molecule has 246 valence electrons. The number of hydrogen-bond donors (Lipinski definition) is 3. The molecule has 5 aromatic rings. The smallest absolute Gasteiger partial charge is 0.289 e. The Bertz CT molecular complexity index is 2440. The van der Waals surface area contributed by atoms with Crippen LogP contribution in [0.15, 0.2) is 94.7 Å². The van der Waals surface area contributed by atoms with Gasteiger partial charge in [0.1, 0.15) is 5.69 Å². The minimum Gasteiger partial charge on any atom is -0.331 e. The van der Waals surface area contributed by atoms with Crippen LogP contribution >= 0.6 is 11.6 Å². The summed E-state index contributed by atoms with van der Waals surface area (Å²) < 4.78 is 78.7. The summed E-state index contributed by atoms with van der Waals surface area (Å²) in [6.45, 7) is -0.0428. The summed E-state index contributed by atoms with van der Waals surface area (Å²) in [6, 6.07) is 19.2. The van der Waals surface area contributed by atoms with E-state index in [0.717, 1.165) is 24.6 Å². The Kier molecular flexibility index (Phi) is 9.20. The van der Waals surface area contributed by atoms with Crippen LogP contribution in [0.4, 0.5) is 5.69 Å². The normalized spacial score (nSPS) is 12.3. The van der Waals surface area contributed by atoms with Crippen molar-refractivity contribution < 1.29 is 30.0 Å². The predicted octanol–water partition coefficient (Wildman–Crippen LogP) is 3.00. The van der Waals surface area contributed by atoms with Crippen molar-refractivity contribution in [1.82, 2.24) is 14.3 Å². The first-order valence-corrected chi connectivity index (χ1v) is 19.3. The number of benzene rings is 3. The van der Waals surface area contributed by atoms with Crippen molar-refractivity contribution in [3.63, 3.8) is 0 Å². The van der Waals surface area contributed by atoms with Gasteiger partial charge in [-0.2, -0.15) is 0 Å². The first-order valence-electron chi connectivity index (χ1n) is 13.6. The van der Waals surface area contributed by atoms with E-state index in [0.29, 0.717) is 26.3 Å². The summed E-state index contributed by atoms with van der Waals surface area (Å²) >= 11 is 6.39. The molecule has 13 nitrogen and oxygen atoms in total. The Labute approximate surface area is 275 Å². The van der Waals surface area contributed by atoms with E-state index >= 15 is 0 Å². The third-order valence-electron chi connectivity index (χ3n) is 7.08. The van der Waals surface area contributed by atoms with Gasteiger partial charge in [0.2, 0.25) is 30.1 Å². The molecule has 2 aromatic heterocycles. The van der Waals surface area contributed by atoms with Gasteiger partial charge in [-0.15, -0.1) is 0 Å². The number of carbonyl (C=O) groups is 1. The molecule has 0 bridgehead atoms. The molecule has 4 N–H and O–H groups in total. The molecule has 1 amide bonds. The van der Waals surface area contributed by atoms with Crippen LogP contribution < -0.4 is 19.7 Å². The van der Waals surface area contributed by atoms with Crippen LogP contribution in [0.5, 0.6) is 0 Å². The Hall–Kier alpha value is -4.32. The largest absolute Gasteiger partial charge is 0.331 e. The van der Waals surface area contributed by atoms with Crippen LogP contribution in [0.25, 0.3) is 22.0 Å². The maximum absolute atomic E-state index is 14.7. The molecule has 0 saturated carbocycles. The van der Waals surface area contributed by atoms with Crippen molar-refractivity contribution in [3.05, 3.63) is 117 Å². The van der Waals surface area contributed by atoms with Crippen LogP contribution in [-0.4, -0.2) is 53.2 Å². The number of halogens is 1. The van der Waals surface area contributed by atoms with Gasteiger partial charge in [-0.3, -0.25) is 9.59 Å². The summed E-state index contributed by atoms with van der Waals surface area (Å²) in [4.78, 5) is 30.1. The number of nitrogens with two attached hydrogens (primary N) is 1. The number of nitrogens with zero attached hydrogens (tertiary/aromatic N) is 2. The fourth-order valence-electron chi connectivity index (χ4n) is 5.18. The highest BCUT2D eigenvalue weighted by atomic mass is 35.5. The zero-order valence-corrected chi connectivity index (χ0v) is 28.0. The van der Waals surface area contributed by atoms with E-state index < -0.39 is 46.4 Å². The van der Waals surface area contributed by atoms with Gasteiger partial charge >= 0.3 is 0 Å². The summed E-state index contributed by atoms with van der Waals surface area (Å²) in [5.41, 5.74) is 0.664.